The topological polar surface area (TPSA) is 26.7 Å². The van der Waals surface area contributed by atoms with Gasteiger partial charge >= 0.3 is 0 Å². The molecule has 0 amide bonds. The second kappa shape index (κ2) is 6.40. The molecule has 1 aliphatic heterocycles. The Balaban J connectivity index is 2.08. The summed E-state index contributed by atoms with van der Waals surface area (Å²) in [6, 6.07) is 9.06. The molecule has 0 aromatic heterocycles. The molecule has 1 aliphatic rings. The third-order valence-electron chi connectivity index (χ3n) is 3.95. The molecular weight excluding hydrogens is 236 g/mol. The van der Waals surface area contributed by atoms with Gasteiger partial charge in [-0.15, -0.1) is 0 Å². The predicted octanol–water partition coefficient (Wildman–Crippen LogP) is 2.66. The Morgan fingerprint density at radius 1 is 1.32 bits per heavy atom. The van der Waals surface area contributed by atoms with Crippen LogP contribution in [0, 0.1) is 0 Å². The lowest BCUT2D eigenvalue weighted by Crippen LogP contribution is -2.37. The second-order valence-corrected chi connectivity index (χ2v) is 5.77. The summed E-state index contributed by atoms with van der Waals surface area (Å²) in [7, 11) is 4.27. The van der Waals surface area contributed by atoms with Crippen molar-refractivity contribution in [3.63, 3.8) is 0 Å². The summed E-state index contributed by atoms with van der Waals surface area (Å²) in [5.74, 6) is 0. The van der Waals surface area contributed by atoms with Crippen LogP contribution in [0.3, 0.4) is 0 Å². The summed E-state index contributed by atoms with van der Waals surface area (Å²) >= 11 is 0. The number of likely N-dealkylation sites (N-methyl/N-ethyl adjacent to an activating group) is 1. The number of benzene rings is 1. The van der Waals surface area contributed by atoms with Gasteiger partial charge in [0, 0.05) is 24.8 Å². The molecule has 1 fully saturated rings. The highest BCUT2D eigenvalue weighted by Gasteiger charge is 2.25. The van der Waals surface area contributed by atoms with E-state index < -0.39 is 0 Å². The van der Waals surface area contributed by atoms with E-state index in [-0.39, 0.29) is 6.10 Å². The van der Waals surface area contributed by atoms with E-state index in [0.29, 0.717) is 6.04 Å². The van der Waals surface area contributed by atoms with Crippen molar-refractivity contribution in [1.29, 1.82) is 0 Å². The van der Waals surface area contributed by atoms with Crippen LogP contribution in [0.4, 0.5) is 5.69 Å². The first kappa shape index (κ1) is 14.4. The van der Waals surface area contributed by atoms with E-state index >= 15 is 0 Å². The standard InChI is InChI=1S/C16H26N2O/c1-4-16(19)13-7-9-14(10-8-13)18-11-5-6-15(18)12-17(2)3/h7-10,15-16,19H,4-6,11-12H2,1-3H3/t15?,16-/m0/s1. The molecule has 2 atom stereocenters. The summed E-state index contributed by atoms with van der Waals surface area (Å²) in [5, 5.41) is 9.84. The van der Waals surface area contributed by atoms with Gasteiger partial charge in [-0.1, -0.05) is 19.1 Å². The van der Waals surface area contributed by atoms with Gasteiger partial charge in [0.05, 0.1) is 6.10 Å². The molecule has 106 valence electrons. The summed E-state index contributed by atoms with van der Waals surface area (Å²) in [6.45, 7) is 4.26. The van der Waals surface area contributed by atoms with Crippen molar-refractivity contribution < 1.29 is 5.11 Å². The Morgan fingerprint density at radius 2 is 2.00 bits per heavy atom. The van der Waals surface area contributed by atoms with Crippen LogP contribution in [0.1, 0.15) is 37.9 Å². The fourth-order valence-electron chi connectivity index (χ4n) is 2.91. The van der Waals surface area contributed by atoms with E-state index in [2.05, 4.69) is 48.2 Å². The zero-order chi connectivity index (χ0) is 13.8. The summed E-state index contributed by atoms with van der Waals surface area (Å²) in [6.07, 6.45) is 2.99. The van der Waals surface area contributed by atoms with Crippen LogP contribution in [-0.2, 0) is 0 Å². The van der Waals surface area contributed by atoms with Crippen molar-refractivity contribution in [1.82, 2.24) is 4.90 Å². The highest BCUT2D eigenvalue weighted by Crippen LogP contribution is 2.27. The summed E-state index contributed by atoms with van der Waals surface area (Å²) in [4.78, 5) is 4.76. The molecule has 1 N–H and O–H groups in total. The highest BCUT2D eigenvalue weighted by molar-refractivity contribution is 5.50. The largest absolute Gasteiger partial charge is 0.388 e. The maximum atomic E-state index is 9.84. The van der Waals surface area contributed by atoms with E-state index in [1.807, 2.05) is 6.92 Å². The normalized spacial score (nSPS) is 21.1. The number of anilines is 1. The number of hydrogen-bond donors (Lipinski definition) is 1. The Labute approximate surface area is 116 Å². The number of hydrogen-bond acceptors (Lipinski definition) is 3. The number of aliphatic hydroxyl groups excluding tert-OH is 1. The third kappa shape index (κ3) is 3.48. The molecule has 0 aliphatic carbocycles. The third-order valence-corrected chi connectivity index (χ3v) is 3.95. The summed E-state index contributed by atoms with van der Waals surface area (Å²) < 4.78 is 0. The van der Waals surface area contributed by atoms with E-state index in [9.17, 15) is 5.11 Å². The van der Waals surface area contributed by atoms with Crippen molar-refractivity contribution in [3.8, 4) is 0 Å². The lowest BCUT2D eigenvalue weighted by Gasteiger charge is -2.29. The number of nitrogens with zero attached hydrogens (tertiary/aromatic N) is 2. The maximum Gasteiger partial charge on any atom is 0.0787 e. The number of aliphatic hydroxyl groups is 1. The van der Waals surface area contributed by atoms with Crippen LogP contribution < -0.4 is 4.90 Å². The van der Waals surface area contributed by atoms with Crippen molar-refractivity contribution in [2.24, 2.45) is 0 Å². The lowest BCUT2D eigenvalue weighted by atomic mass is 10.1. The Bertz CT molecular complexity index is 388. The van der Waals surface area contributed by atoms with E-state index in [1.165, 1.54) is 18.5 Å². The van der Waals surface area contributed by atoms with Gasteiger partial charge in [0.15, 0.2) is 0 Å². The average Bonchev–Trinajstić information content (AvgIpc) is 2.85. The average molecular weight is 262 g/mol. The minimum absolute atomic E-state index is 0.329. The quantitative estimate of drug-likeness (QED) is 0.884. The van der Waals surface area contributed by atoms with Crippen molar-refractivity contribution in [2.45, 2.75) is 38.3 Å². The van der Waals surface area contributed by atoms with Crippen LogP contribution in [0.15, 0.2) is 24.3 Å². The molecule has 1 aromatic rings. The molecule has 1 aromatic carbocycles. The van der Waals surface area contributed by atoms with E-state index in [4.69, 9.17) is 0 Å². The minimum atomic E-state index is -0.329. The Kier molecular flexibility index (Phi) is 4.83. The molecule has 19 heavy (non-hydrogen) atoms. The number of rotatable bonds is 5. The molecule has 3 heteroatoms. The van der Waals surface area contributed by atoms with E-state index in [1.54, 1.807) is 0 Å². The fraction of sp³-hybridized carbons (Fsp3) is 0.625. The van der Waals surface area contributed by atoms with Crippen LogP contribution in [-0.4, -0.2) is 43.2 Å². The van der Waals surface area contributed by atoms with Crippen molar-refractivity contribution in [3.05, 3.63) is 29.8 Å². The lowest BCUT2D eigenvalue weighted by molar-refractivity contribution is 0.173. The SMILES string of the molecule is CC[C@H](O)c1ccc(N2CCCC2CN(C)C)cc1. The molecule has 0 radical (unpaired) electrons. The molecule has 1 heterocycles. The van der Waals surface area contributed by atoms with Gasteiger partial charge in [0.1, 0.15) is 0 Å². The van der Waals surface area contributed by atoms with Crippen LogP contribution >= 0.6 is 0 Å². The van der Waals surface area contributed by atoms with Gasteiger partial charge < -0.3 is 14.9 Å². The Morgan fingerprint density at radius 3 is 2.58 bits per heavy atom. The first-order chi connectivity index (χ1) is 9.11. The molecule has 1 saturated heterocycles. The smallest absolute Gasteiger partial charge is 0.0787 e. The van der Waals surface area contributed by atoms with Crippen LogP contribution in [0.2, 0.25) is 0 Å². The molecule has 0 spiro atoms. The van der Waals surface area contributed by atoms with Gasteiger partial charge in [0.2, 0.25) is 0 Å². The molecule has 3 nitrogen and oxygen atoms in total. The first-order valence-electron chi connectivity index (χ1n) is 7.31. The molecular formula is C16H26N2O. The molecule has 0 bridgehead atoms. The zero-order valence-corrected chi connectivity index (χ0v) is 12.3. The molecule has 2 rings (SSSR count). The predicted molar refractivity (Wildman–Crippen MR) is 80.6 cm³/mol. The van der Waals surface area contributed by atoms with Crippen molar-refractivity contribution in [2.75, 3.05) is 32.1 Å². The zero-order valence-electron chi connectivity index (χ0n) is 12.3. The van der Waals surface area contributed by atoms with E-state index in [0.717, 1.165) is 25.1 Å². The first-order valence-corrected chi connectivity index (χ1v) is 7.31. The molecule has 0 saturated carbocycles. The van der Waals surface area contributed by atoms with Crippen LogP contribution in [0.25, 0.3) is 0 Å². The van der Waals surface area contributed by atoms with Gasteiger partial charge in [-0.25, -0.2) is 0 Å². The van der Waals surface area contributed by atoms with Gasteiger partial charge in [-0.05, 0) is 51.1 Å². The monoisotopic (exact) mass is 262 g/mol. The van der Waals surface area contributed by atoms with Crippen LogP contribution in [0.5, 0.6) is 0 Å². The van der Waals surface area contributed by atoms with Gasteiger partial charge in [0.25, 0.3) is 0 Å². The van der Waals surface area contributed by atoms with Gasteiger partial charge in [-0.3, -0.25) is 0 Å². The minimum Gasteiger partial charge on any atom is -0.388 e. The second-order valence-electron chi connectivity index (χ2n) is 5.77. The van der Waals surface area contributed by atoms with Crippen molar-refractivity contribution >= 4 is 5.69 Å². The van der Waals surface area contributed by atoms with Gasteiger partial charge in [-0.2, -0.15) is 0 Å². The summed E-state index contributed by atoms with van der Waals surface area (Å²) in [5.41, 5.74) is 2.31. The Hall–Kier alpha value is -1.06. The fourth-order valence-corrected chi connectivity index (χ4v) is 2.91. The maximum absolute atomic E-state index is 9.84. The highest BCUT2D eigenvalue weighted by atomic mass is 16.3. The molecule has 1 unspecified atom stereocenters.